The van der Waals surface area contributed by atoms with E-state index < -0.39 is 0 Å². The number of ether oxygens (including phenoxy) is 1. The van der Waals surface area contributed by atoms with E-state index in [1.807, 2.05) is 29.2 Å². The fourth-order valence-corrected chi connectivity index (χ4v) is 2.98. The topological polar surface area (TPSA) is 58.6 Å². The number of nitrogens with one attached hydrogen (secondary N) is 1. The van der Waals surface area contributed by atoms with Gasteiger partial charge in [0.15, 0.2) is 0 Å². The van der Waals surface area contributed by atoms with E-state index in [0.29, 0.717) is 6.61 Å². The Morgan fingerprint density at radius 2 is 2.19 bits per heavy atom. The second-order valence-corrected chi connectivity index (χ2v) is 6.07. The Morgan fingerprint density at radius 1 is 1.43 bits per heavy atom. The third kappa shape index (κ3) is 4.41. The lowest BCUT2D eigenvalue weighted by atomic mass is 10.2. The van der Waals surface area contributed by atoms with E-state index in [4.69, 9.17) is 4.74 Å². The van der Waals surface area contributed by atoms with Gasteiger partial charge >= 0.3 is 5.97 Å². The first kappa shape index (κ1) is 16.2. The van der Waals surface area contributed by atoms with Gasteiger partial charge in [0, 0.05) is 3.57 Å². The van der Waals surface area contributed by atoms with Crippen LogP contribution in [-0.4, -0.2) is 42.5 Å². The molecule has 1 amide bonds. The number of halogens is 1. The van der Waals surface area contributed by atoms with Gasteiger partial charge in [-0.15, -0.1) is 0 Å². The summed E-state index contributed by atoms with van der Waals surface area (Å²) in [6.45, 7) is 3.13. The first-order valence-corrected chi connectivity index (χ1v) is 8.14. The maximum Gasteiger partial charge on any atom is 0.323 e. The lowest BCUT2D eigenvalue weighted by Gasteiger charge is -2.22. The second-order valence-electron chi connectivity index (χ2n) is 4.91. The van der Waals surface area contributed by atoms with Gasteiger partial charge in [-0.3, -0.25) is 14.5 Å². The number of nitrogens with zero attached hydrogens (tertiary/aromatic N) is 1. The van der Waals surface area contributed by atoms with Gasteiger partial charge in [0.05, 0.1) is 18.8 Å². The van der Waals surface area contributed by atoms with E-state index in [0.717, 1.165) is 28.6 Å². The van der Waals surface area contributed by atoms with Gasteiger partial charge in [0.25, 0.3) is 0 Å². The Labute approximate surface area is 138 Å². The van der Waals surface area contributed by atoms with Gasteiger partial charge in [-0.25, -0.2) is 0 Å². The average molecular weight is 402 g/mol. The number of rotatable bonds is 5. The van der Waals surface area contributed by atoms with Crippen LogP contribution in [0.15, 0.2) is 24.3 Å². The Morgan fingerprint density at radius 3 is 2.90 bits per heavy atom. The van der Waals surface area contributed by atoms with Crippen molar-refractivity contribution in [1.29, 1.82) is 0 Å². The van der Waals surface area contributed by atoms with Crippen molar-refractivity contribution in [3.63, 3.8) is 0 Å². The maximum atomic E-state index is 12.1. The summed E-state index contributed by atoms with van der Waals surface area (Å²) in [5.74, 6) is -0.326. The molecule has 1 heterocycles. The van der Waals surface area contributed by atoms with E-state index >= 15 is 0 Å². The zero-order chi connectivity index (χ0) is 15.2. The molecule has 5 nitrogen and oxygen atoms in total. The van der Waals surface area contributed by atoms with Gasteiger partial charge < -0.3 is 10.1 Å². The fraction of sp³-hybridized carbons (Fsp3) is 0.467. The van der Waals surface area contributed by atoms with E-state index in [9.17, 15) is 9.59 Å². The van der Waals surface area contributed by atoms with Crippen LogP contribution in [0.1, 0.15) is 19.8 Å². The molecule has 1 aliphatic rings. The number of esters is 1. The van der Waals surface area contributed by atoms with Crippen LogP contribution in [0.4, 0.5) is 5.69 Å². The van der Waals surface area contributed by atoms with Crippen molar-refractivity contribution in [3.05, 3.63) is 27.8 Å². The van der Waals surface area contributed by atoms with Crippen LogP contribution in [0.25, 0.3) is 0 Å². The molecule has 21 heavy (non-hydrogen) atoms. The molecular weight excluding hydrogens is 383 g/mol. The number of carbonyl (C=O) groups excluding carboxylic acids is 2. The standard InChI is InChI=1S/C15H19IN2O3/c1-2-21-15(20)13-8-5-9-18(13)10-14(19)17-12-7-4-3-6-11(12)16/h3-4,6-7,13H,2,5,8-10H2,1H3,(H,17,19). The van der Waals surface area contributed by atoms with Crippen molar-refractivity contribution in [3.8, 4) is 0 Å². The van der Waals surface area contributed by atoms with E-state index in [-0.39, 0.29) is 24.5 Å². The number of benzene rings is 1. The van der Waals surface area contributed by atoms with Crippen molar-refractivity contribution in [2.24, 2.45) is 0 Å². The molecule has 2 rings (SSSR count). The molecule has 114 valence electrons. The van der Waals surface area contributed by atoms with Gasteiger partial charge in [-0.05, 0) is 61.0 Å². The highest BCUT2D eigenvalue weighted by Gasteiger charge is 2.32. The number of para-hydroxylation sites is 1. The summed E-state index contributed by atoms with van der Waals surface area (Å²) in [6.07, 6.45) is 1.68. The minimum Gasteiger partial charge on any atom is -0.465 e. The van der Waals surface area contributed by atoms with Crippen LogP contribution in [0.2, 0.25) is 0 Å². The Kier molecular flexibility index (Phi) is 5.98. The Bertz CT molecular complexity index is 521. The summed E-state index contributed by atoms with van der Waals surface area (Å²) in [7, 11) is 0. The zero-order valence-electron chi connectivity index (χ0n) is 12.0. The van der Waals surface area contributed by atoms with E-state index in [1.54, 1.807) is 6.92 Å². The molecule has 1 saturated heterocycles. The summed E-state index contributed by atoms with van der Waals surface area (Å²) in [5, 5.41) is 2.89. The molecule has 1 aromatic carbocycles. The van der Waals surface area contributed by atoms with Crippen molar-refractivity contribution >= 4 is 40.2 Å². The number of hydrogen-bond acceptors (Lipinski definition) is 4. The maximum absolute atomic E-state index is 12.1. The van der Waals surface area contributed by atoms with Crippen LogP contribution in [0.3, 0.4) is 0 Å². The predicted molar refractivity (Wildman–Crippen MR) is 89.0 cm³/mol. The Hall–Kier alpha value is -1.15. The first-order valence-electron chi connectivity index (χ1n) is 7.07. The van der Waals surface area contributed by atoms with Gasteiger partial charge in [0.2, 0.25) is 5.91 Å². The molecule has 6 heteroatoms. The number of hydrogen-bond donors (Lipinski definition) is 1. The van der Waals surface area contributed by atoms with Crippen LogP contribution in [-0.2, 0) is 14.3 Å². The molecule has 0 spiro atoms. The second kappa shape index (κ2) is 7.74. The van der Waals surface area contributed by atoms with Gasteiger partial charge in [-0.2, -0.15) is 0 Å². The highest BCUT2D eigenvalue weighted by atomic mass is 127. The normalized spacial score (nSPS) is 18.5. The summed E-state index contributed by atoms with van der Waals surface area (Å²) >= 11 is 2.18. The summed E-state index contributed by atoms with van der Waals surface area (Å²) < 4.78 is 6.05. The third-order valence-corrected chi connectivity index (χ3v) is 4.36. The van der Waals surface area contributed by atoms with E-state index in [2.05, 4.69) is 27.9 Å². The highest BCUT2D eigenvalue weighted by molar-refractivity contribution is 14.1. The molecule has 1 aliphatic heterocycles. The summed E-state index contributed by atoms with van der Waals surface area (Å²) in [4.78, 5) is 25.9. The van der Waals surface area contributed by atoms with Crippen LogP contribution >= 0.6 is 22.6 Å². The largest absolute Gasteiger partial charge is 0.465 e. The van der Waals surface area contributed by atoms with Crippen LogP contribution in [0, 0.1) is 3.57 Å². The molecule has 0 saturated carbocycles. The number of anilines is 1. The van der Waals surface area contributed by atoms with Gasteiger partial charge in [-0.1, -0.05) is 12.1 Å². The molecule has 1 fully saturated rings. The number of carbonyl (C=O) groups is 2. The molecule has 0 aromatic heterocycles. The number of likely N-dealkylation sites (tertiary alicyclic amines) is 1. The minimum atomic E-state index is -0.287. The smallest absolute Gasteiger partial charge is 0.323 e. The third-order valence-electron chi connectivity index (χ3n) is 3.42. The highest BCUT2D eigenvalue weighted by Crippen LogP contribution is 2.20. The number of amides is 1. The molecule has 1 unspecified atom stereocenters. The predicted octanol–water partition coefficient (Wildman–Crippen LogP) is 2.26. The monoisotopic (exact) mass is 402 g/mol. The van der Waals surface area contributed by atoms with Crippen molar-refractivity contribution in [2.75, 3.05) is 25.0 Å². The molecule has 0 aliphatic carbocycles. The van der Waals surface area contributed by atoms with E-state index in [1.165, 1.54) is 0 Å². The minimum absolute atomic E-state index is 0.102. The van der Waals surface area contributed by atoms with Crippen LogP contribution < -0.4 is 5.32 Å². The molecule has 1 N–H and O–H groups in total. The van der Waals surface area contributed by atoms with Crippen molar-refractivity contribution in [1.82, 2.24) is 4.90 Å². The van der Waals surface area contributed by atoms with Crippen molar-refractivity contribution in [2.45, 2.75) is 25.8 Å². The lowest BCUT2D eigenvalue weighted by molar-refractivity contribution is -0.148. The van der Waals surface area contributed by atoms with Gasteiger partial charge in [0.1, 0.15) is 6.04 Å². The SMILES string of the molecule is CCOC(=O)C1CCCN1CC(=O)Nc1ccccc1I. The van der Waals surface area contributed by atoms with Crippen LogP contribution in [0.5, 0.6) is 0 Å². The summed E-state index contributed by atoms with van der Waals surface area (Å²) in [5.41, 5.74) is 0.801. The average Bonchev–Trinajstić information content (AvgIpc) is 2.90. The molecule has 0 radical (unpaired) electrons. The fourth-order valence-electron chi connectivity index (χ4n) is 2.46. The molecular formula is C15H19IN2O3. The molecule has 1 atom stereocenters. The Balaban J connectivity index is 1.93. The quantitative estimate of drug-likeness (QED) is 0.607. The van der Waals surface area contributed by atoms with Crippen molar-refractivity contribution < 1.29 is 14.3 Å². The first-order chi connectivity index (χ1) is 10.1. The molecule has 0 bridgehead atoms. The zero-order valence-corrected chi connectivity index (χ0v) is 14.1. The summed E-state index contributed by atoms with van der Waals surface area (Å²) in [6, 6.07) is 7.33. The molecule has 1 aromatic rings. The lowest BCUT2D eigenvalue weighted by Crippen LogP contribution is -2.41.